The lowest BCUT2D eigenvalue weighted by molar-refractivity contribution is -0.137. The van der Waals surface area contributed by atoms with Gasteiger partial charge in [0.1, 0.15) is 0 Å². The number of thiophene rings is 1. The molecule has 3 rings (SSSR count). The minimum atomic E-state index is 0.0653. The Morgan fingerprint density at radius 3 is 2.62 bits per heavy atom. The van der Waals surface area contributed by atoms with Crippen LogP contribution in [-0.4, -0.2) is 73.3 Å². The zero-order valence-electron chi connectivity index (χ0n) is 16.3. The number of aryl methyl sites for hydroxylation is 1. The van der Waals surface area contributed by atoms with Crippen molar-refractivity contribution in [2.75, 3.05) is 46.8 Å². The first kappa shape index (κ1) is 19.4. The fourth-order valence-electron chi connectivity index (χ4n) is 3.89. The standard InChI is InChI=1S/C20H31N3O2S/c1-4-5-8-22-9-11-23(12-10-22)19(24)15-6-7-17-16(13-15)14-18(26-17)20(25)21(2)3/h14-15H,4-13H2,1-3H3/t15-/m0/s1. The summed E-state index contributed by atoms with van der Waals surface area (Å²) in [7, 11) is 3.57. The van der Waals surface area contributed by atoms with E-state index in [0.29, 0.717) is 5.91 Å². The average Bonchev–Trinajstić information content (AvgIpc) is 3.08. The fourth-order valence-corrected chi connectivity index (χ4v) is 5.12. The van der Waals surface area contributed by atoms with Crippen molar-refractivity contribution in [1.82, 2.24) is 14.7 Å². The molecule has 2 aliphatic rings. The Labute approximate surface area is 161 Å². The van der Waals surface area contributed by atoms with Crippen LogP contribution >= 0.6 is 11.3 Å². The van der Waals surface area contributed by atoms with E-state index in [4.69, 9.17) is 0 Å². The van der Waals surface area contributed by atoms with Crippen LogP contribution in [0.5, 0.6) is 0 Å². The minimum absolute atomic E-state index is 0.0653. The van der Waals surface area contributed by atoms with Crippen molar-refractivity contribution >= 4 is 23.2 Å². The molecule has 0 saturated carbocycles. The van der Waals surface area contributed by atoms with Gasteiger partial charge in [0.05, 0.1) is 4.88 Å². The molecule has 0 aromatic carbocycles. The van der Waals surface area contributed by atoms with Gasteiger partial charge >= 0.3 is 0 Å². The van der Waals surface area contributed by atoms with Gasteiger partial charge in [0.15, 0.2) is 0 Å². The van der Waals surface area contributed by atoms with Crippen molar-refractivity contribution in [2.45, 2.75) is 39.0 Å². The summed E-state index contributed by atoms with van der Waals surface area (Å²) in [5.74, 6) is 0.467. The van der Waals surface area contributed by atoms with Gasteiger partial charge in [-0.1, -0.05) is 13.3 Å². The van der Waals surface area contributed by atoms with Crippen molar-refractivity contribution in [3.8, 4) is 0 Å². The smallest absolute Gasteiger partial charge is 0.263 e. The number of fused-ring (bicyclic) bond motifs is 1. The highest BCUT2D eigenvalue weighted by atomic mass is 32.1. The molecule has 1 fully saturated rings. The average molecular weight is 378 g/mol. The molecule has 0 bridgehead atoms. The Balaban J connectivity index is 1.57. The summed E-state index contributed by atoms with van der Waals surface area (Å²) in [6.07, 6.45) is 5.10. The van der Waals surface area contributed by atoms with E-state index in [2.05, 4.69) is 16.7 Å². The van der Waals surface area contributed by atoms with Gasteiger partial charge in [0, 0.05) is 51.1 Å². The molecule has 144 valence electrons. The van der Waals surface area contributed by atoms with E-state index < -0.39 is 0 Å². The number of nitrogens with zero attached hydrogens (tertiary/aromatic N) is 3. The largest absolute Gasteiger partial charge is 0.344 e. The molecular formula is C20H31N3O2S. The quantitative estimate of drug-likeness (QED) is 0.792. The molecule has 0 N–H and O–H groups in total. The molecule has 0 spiro atoms. The monoisotopic (exact) mass is 377 g/mol. The van der Waals surface area contributed by atoms with Crippen molar-refractivity contribution in [3.05, 3.63) is 21.4 Å². The first-order chi connectivity index (χ1) is 12.5. The number of piperazine rings is 1. The molecule has 1 aromatic rings. The van der Waals surface area contributed by atoms with Crippen LogP contribution in [0.2, 0.25) is 0 Å². The van der Waals surface area contributed by atoms with Crippen LogP contribution in [0.3, 0.4) is 0 Å². The highest BCUT2D eigenvalue weighted by molar-refractivity contribution is 7.14. The van der Waals surface area contributed by atoms with E-state index in [1.54, 1.807) is 30.3 Å². The lowest BCUT2D eigenvalue weighted by atomic mass is 9.87. The second kappa shape index (κ2) is 8.53. The maximum absolute atomic E-state index is 13.0. The summed E-state index contributed by atoms with van der Waals surface area (Å²) in [6, 6.07) is 2.02. The summed E-state index contributed by atoms with van der Waals surface area (Å²) < 4.78 is 0. The van der Waals surface area contributed by atoms with Crippen LogP contribution in [0.25, 0.3) is 0 Å². The van der Waals surface area contributed by atoms with E-state index in [0.717, 1.165) is 56.9 Å². The van der Waals surface area contributed by atoms with E-state index in [1.165, 1.54) is 23.3 Å². The fraction of sp³-hybridized carbons (Fsp3) is 0.700. The SMILES string of the molecule is CCCCN1CCN(C(=O)[C@H]2CCc3sc(C(=O)N(C)C)cc3C2)CC1. The van der Waals surface area contributed by atoms with Crippen molar-refractivity contribution in [1.29, 1.82) is 0 Å². The second-order valence-electron chi connectivity index (χ2n) is 7.72. The van der Waals surface area contributed by atoms with Gasteiger partial charge in [-0.25, -0.2) is 0 Å². The Morgan fingerprint density at radius 2 is 1.96 bits per heavy atom. The number of hydrogen-bond acceptors (Lipinski definition) is 4. The summed E-state index contributed by atoms with van der Waals surface area (Å²) >= 11 is 1.61. The molecule has 1 aliphatic carbocycles. The Hall–Kier alpha value is -1.40. The van der Waals surface area contributed by atoms with Gasteiger partial charge in [-0.05, 0) is 43.9 Å². The topological polar surface area (TPSA) is 43.9 Å². The highest BCUT2D eigenvalue weighted by Gasteiger charge is 2.31. The molecule has 5 nitrogen and oxygen atoms in total. The molecule has 26 heavy (non-hydrogen) atoms. The molecule has 1 atom stereocenters. The van der Waals surface area contributed by atoms with E-state index in [9.17, 15) is 9.59 Å². The van der Waals surface area contributed by atoms with Crippen molar-refractivity contribution < 1.29 is 9.59 Å². The summed E-state index contributed by atoms with van der Waals surface area (Å²) in [6.45, 7) is 7.11. The summed E-state index contributed by atoms with van der Waals surface area (Å²) in [5, 5.41) is 0. The first-order valence-electron chi connectivity index (χ1n) is 9.84. The lowest BCUT2D eigenvalue weighted by Crippen LogP contribution is -2.51. The molecular weight excluding hydrogens is 346 g/mol. The van der Waals surface area contributed by atoms with Crippen molar-refractivity contribution in [2.24, 2.45) is 5.92 Å². The van der Waals surface area contributed by atoms with Crippen molar-refractivity contribution in [3.63, 3.8) is 0 Å². The molecule has 0 unspecified atom stereocenters. The molecule has 1 aromatic heterocycles. The van der Waals surface area contributed by atoms with Crippen LogP contribution in [-0.2, 0) is 17.6 Å². The zero-order valence-corrected chi connectivity index (χ0v) is 17.1. The van der Waals surface area contributed by atoms with Crippen LogP contribution in [0.4, 0.5) is 0 Å². The first-order valence-corrected chi connectivity index (χ1v) is 10.7. The lowest BCUT2D eigenvalue weighted by Gasteiger charge is -2.37. The van der Waals surface area contributed by atoms with Crippen LogP contribution in [0, 0.1) is 5.92 Å². The van der Waals surface area contributed by atoms with Gasteiger partial charge in [-0.3, -0.25) is 14.5 Å². The maximum Gasteiger partial charge on any atom is 0.263 e. The zero-order chi connectivity index (χ0) is 18.7. The number of amides is 2. The number of carbonyl (C=O) groups is 2. The highest BCUT2D eigenvalue weighted by Crippen LogP contribution is 2.33. The van der Waals surface area contributed by atoms with Gasteiger partial charge < -0.3 is 9.80 Å². The predicted octanol–water partition coefficient (Wildman–Crippen LogP) is 2.50. The predicted molar refractivity (Wildman–Crippen MR) is 106 cm³/mol. The third-order valence-corrected chi connectivity index (χ3v) is 6.79. The number of hydrogen-bond donors (Lipinski definition) is 0. The van der Waals surface area contributed by atoms with E-state index >= 15 is 0 Å². The number of rotatable bonds is 5. The van der Waals surface area contributed by atoms with Crippen LogP contribution < -0.4 is 0 Å². The minimum Gasteiger partial charge on any atom is -0.344 e. The molecule has 1 aliphatic heterocycles. The van der Waals surface area contributed by atoms with Gasteiger partial charge in [0.2, 0.25) is 5.91 Å². The molecule has 6 heteroatoms. The Morgan fingerprint density at radius 1 is 1.23 bits per heavy atom. The van der Waals surface area contributed by atoms with Gasteiger partial charge in [-0.2, -0.15) is 0 Å². The van der Waals surface area contributed by atoms with Gasteiger partial charge in [0.25, 0.3) is 5.91 Å². The van der Waals surface area contributed by atoms with Crippen LogP contribution in [0.15, 0.2) is 6.07 Å². The molecule has 1 saturated heterocycles. The Bertz CT molecular complexity index is 647. The number of unbranched alkanes of at least 4 members (excludes halogenated alkanes) is 1. The molecule has 2 heterocycles. The normalized spacial score (nSPS) is 20.7. The van der Waals surface area contributed by atoms with Gasteiger partial charge in [-0.15, -0.1) is 11.3 Å². The second-order valence-corrected chi connectivity index (χ2v) is 8.86. The molecule has 0 radical (unpaired) electrons. The summed E-state index contributed by atoms with van der Waals surface area (Å²) in [5.41, 5.74) is 1.21. The van der Waals surface area contributed by atoms with Crippen LogP contribution in [0.1, 0.15) is 46.3 Å². The number of carbonyl (C=O) groups excluding carboxylic acids is 2. The van der Waals surface area contributed by atoms with E-state index in [1.807, 2.05) is 6.07 Å². The third kappa shape index (κ3) is 4.29. The third-order valence-electron chi connectivity index (χ3n) is 5.56. The Kier molecular flexibility index (Phi) is 6.35. The summed E-state index contributed by atoms with van der Waals surface area (Å²) in [4.78, 5) is 33.4. The maximum atomic E-state index is 13.0. The molecule has 2 amide bonds. The van der Waals surface area contributed by atoms with E-state index in [-0.39, 0.29) is 11.8 Å².